The number of aromatic nitrogens is 1. The zero-order valence-electron chi connectivity index (χ0n) is 8.77. The molecular formula is C11H8BrNO3S. The Bertz CT molecular complexity index is 594. The molecule has 1 heterocycles. The van der Waals surface area contributed by atoms with Gasteiger partial charge in [-0.2, -0.15) is 0 Å². The second-order valence-electron chi connectivity index (χ2n) is 3.40. The molecule has 0 spiro atoms. The van der Waals surface area contributed by atoms with E-state index in [1.165, 1.54) is 6.07 Å². The lowest BCUT2D eigenvalue weighted by Crippen LogP contribution is -1.94. The van der Waals surface area contributed by atoms with Crippen molar-refractivity contribution in [2.45, 2.75) is 6.92 Å². The van der Waals surface area contributed by atoms with Crippen LogP contribution in [0, 0.1) is 6.92 Å². The number of carboxylic acid groups (broad SMARTS) is 1. The number of benzene rings is 1. The number of aromatic carboxylic acids is 1. The van der Waals surface area contributed by atoms with Crippen LogP contribution in [0.15, 0.2) is 22.7 Å². The second kappa shape index (κ2) is 4.46. The van der Waals surface area contributed by atoms with Crippen molar-refractivity contribution in [1.29, 1.82) is 0 Å². The van der Waals surface area contributed by atoms with Gasteiger partial charge in [0, 0.05) is 4.47 Å². The molecule has 0 saturated heterocycles. The third-order valence-electron chi connectivity index (χ3n) is 2.18. The Morgan fingerprint density at radius 2 is 2.18 bits per heavy atom. The largest absolute Gasteiger partial charge is 0.507 e. The van der Waals surface area contributed by atoms with Crippen LogP contribution in [-0.2, 0) is 0 Å². The first-order chi connectivity index (χ1) is 7.99. The molecule has 0 amide bonds. The Labute approximate surface area is 110 Å². The van der Waals surface area contributed by atoms with E-state index in [0.717, 1.165) is 15.8 Å². The predicted molar refractivity (Wildman–Crippen MR) is 68.6 cm³/mol. The van der Waals surface area contributed by atoms with E-state index >= 15 is 0 Å². The van der Waals surface area contributed by atoms with Crippen molar-refractivity contribution in [1.82, 2.24) is 4.98 Å². The van der Waals surface area contributed by atoms with Gasteiger partial charge in [0.1, 0.15) is 15.6 Å². The topological polar surface area (TPSA) is 70.4 Å². The maximum atomic E-state index is 10.9. The smallest absolute Gasteiger partial charge is 0.347 e. The molecule has 0 aliphatic rings. The molecule has 1 aromatic carbocycles. The second-order valence-corrected chi connectivity index (χ2v) is 5.31. The molecule has 17 heavy (non-hydrogen) atoms. The molecule has 1 aromatic heterocycles. The summed E-state index contributed by atoms with van der Waals surface area (Å²) in [7, 11) is 0. The fraction of sp³-hybridized carbons (Fsp3) is 0.0909. The van der Waals surface area contributed by atoms with Gasteiger partial charge in [-0.05, 0) is 25.1 Å². The number of phenols is 1. The Hall–Kier alpha value is -1.40. The zero-order valence-corrected chi connectivity index (χ0v) is 11.2. The molecule has 88 valence electrons. The average Bonchev–Trinajstić information content (AvgIpc) is 2.64. The van der Waals surface area contributed by atoms with E-state index in [2.05, 4.69) is 20.9 Å². The lowest BCUT2D eigenvalue weighted by atomic mass is 10.2. The van der Waals surface area contributed by atoms with Crippen molar-refractivity contribution in [2.75, 3.05) is 0 Å². The summed E-state index contributed by atoms with van der Waals surface area (Å²) < 4.78 is 0.801. The molecule has 0 bridgehead atoms. The summed E-state index contributed by atoms with van der Waals surface area (Å²) in [6, 6.07) is 4.95. The highest BCUT2D eigenvalue weighted by Gasteiger charge is 2.17. The Balaban J connectivity index is 2.57. The van der Waals surface area contributed by atoms with Crippen LogP contribution in [0.25, 0.3) is 10.6 Å². The third kappa shape index (κ3) is 2.32. The highest BCUT2D eigenvalue weighted by molar-refractivity contribution is 9.10. The van der Waals surface area contributed by atoms with Crippen LogP contribution >= 0.6 is 27.3 Å². The SMILES string of the molecule is Cc1nc(-c2cc(Br)ccc2O)sc1C(=O)O. The lowest BCUT2D eigenvalue weighted by Gasteiger charge is -2.00. The van der Waals surface area contributed by atoms with Gasteiger partial charge in [0.25, 0.3) is 0 Å². The number of halogens is 1. The van der Waals surface area contributed by atoms with Gasteiger partial charge in [0.2, 0.25) is 0 Å². The molecule has 0 aliphatic carbocycles. The minimum Gasteiger partial charge on any atom is -0.507 e. The van der Waals surface area contributed by atoms with Crippen molar-refractivity contribution in [3.05, 3.63) is 33.2 Å². The van der Waals surface area contributed by atoms with Gasteiger partial charge in [-0.15, -0.1) is 11.3 Å². The molecule has 6 heteroatoms. The van der Waals surface area contributed by atoms with Gasteiger partial charge < -0.3 is 10.2 Å². The van der Waals surface area contributed by atoms with Gasteiger partial charge in [0.05, 0.1) is 11.3 Å². The number of hydrogen-bond acceptors (Lipinski definition) is 4. The molecule has 2 rings (SSSR count). The molecule has 0 aliphatic heterocycles. The fourth-order valence-corrected chi connectivity index (χ4v) is 2.68. The fourth-order valence-electron chi connectivity index (χ4n) is 1.39. The first-order valence-electron chi connectivity index (χ1n) is 4.68. The van der Waals surface area contributed by atoms with Crippen LogP contribution in [0.4, 0.5) is 0 Å². The van der Waals surface area contributed by atoms with E-state index in [9.17, 15) is 9.90 Å². The maximum absolute atomic E-state index is 10.9. The van der Waals surface area contributed by atoms with Crippen LogP contribution in [0.2, 0.25) is 0 Å². The standard InChI is InChI=1S/C11H8BrNO3S/c1-5-9(11(15)16)17-10(13-5)7-4-6(12)2-3-8(7)14/h2-4,14H,1H3,(H,15,16). The monoisotopic (exact) mass is 313 g/mol. The van der Waals surface area contributed by atoms with Crippen molar-refractivity contribution < 1.29 is 15.0 Å². The molecule has 2 aromatic rings. The molecule has 0 atom stereocenters. The molecule has 4 nitrogen and oxygen atoms in total. The van der Waals surface area contributed by atoms with E-state index in [1.807, 2.05) is 0 Å². The molecule has 0 radical (unpaired) electrons. The summed E-state index contributed by atoms with van der Waals surface area (Å²) in [6.45, 7) is 1.64. The number of hydrogen-bond donors (Lipinski definition) is 2. The minimum absolute atomic E-state index is 0.0823. The molecular weight excluding hydrogens is 306 g/mol. The van der Waals surface area contributed by atoms with Crippen LogP contribution < -0.4 is 0 Å². The van der Waals surface area contributed by atoms with Gasteiger partial charge in [-0.1, -0.05) is 15.9 Å². The summed E-state index contributed by atoms with van der Waals surface area (Å²) in [5.41, 5.74) is 0.983. The highest BCUT2D eigenvalue weighted by atomic mass is 79.9. The number of nitrogens with zero attached hydrogens (tertiary/aromatic N) is 1. The van der Waals surface area contributed by atoms with E-state index in [1.54, 1.807) is 19.1 Å². The van der Waals surface area contributed by atoms with Crippen LogP contribution in [0.1, 0.15) is 15.4 Å². The zero-order chi connectivity index (χ0) is 12.6. The Morgan fingerprint density at radius 3 is 2.76 bits per heavy atom. The van der Waals surface area contributed by atoms with Crippen LogP contribution in [0.3, 0.4) is 0 Å². The van der Waals surface area contributed by atoms with Gasteiger partial charge in [-0.25, -0.2) is 9.78 Å². The lowest BCUT2D eigenvalue weighted by molar-refractivity contribution is 0.0701. The average molecular weight is 314 g/mol. The van der Waals surface area contributed by atoms with E-state index in [-0.39, 0.29) is 10.6 Å². The van der Waals surface area contributed by atoms with E-state index in [4.69, 9.17) is 5.11 Å². The number of carboxylic acids is 1. The Morgan fingerprint density at radius 1 is 1.47 bits per heavy atom. The third-order valence-corrected chi connectivity index (χ3v) is 3.85. The normalized spacial score (nSPS) is 10.5. The number of thiazole rings is 1. The number of aromatic hydroxyl groups is 1. The number of aryl methyl sites for hydroxylation is 1. The predicted octanol–water partition coefficient (Wildman–Crippen LogP) is 3.28. The maximum Gasteiger partial charge on any atom is 0.347 e. The number of carbonyl (C=O) groups is 1. The summed E-state index contributed by atoms with van der Waals surface area (Å²) >= 11 is 4.35. The first-order valence-corrected chi connectivity index (χ1v) is 6.29. The molecule has 2 N–H and O–H groups in total. The van der Waals surface area contributed by atoms with E-state index in [0.29, 0.717) is 16.3 Å². The van der Waals surface area contributed by atoms with Gasteiger partial charge in [-0.3, -0.25) is 0 Å². The van der Waals surface area contributed by atoms with Crippen LogP contribution in [-0.4, -0.2) is 21.2 Å². The molecule has 0 unspecified atom stereocenters. The number of phenolic OH excluding ortho intramolecular Hbond substituents is 1. The minimum atomic E-state index is -0.999. The van der Waals surface area contributed by atoms with Crippen molar-refractivity contribution >= 4 is 33.2 Å². The van der Waals surface area contributed by atoms with Crippen molar-refractivity contribution in [3.63, 3.8) is 0 Å². The van der Waals surface area contributed by atoms with Gasteiger partial charge in [0.15, 0.2) is 0 Å². The Kier molecular flexibility index (Phi) is 3.17. The summed E-state index contributed by atoms with van der Waals surface area (Å²) in [5.74, 6) is -0.917. The van der Waals surface area contributed by atoms with Crippen molar-refractivity contribution in [2.24, 2.45) is 0 Å². The number of rotatable bonds is 2. The first kappa shape index (κ1) is 12.1. The summed E-state index contributed by atoms with van der Waals surface area (Å²) in [4.78, 5) is 15.3. The molecule has 0 saturated carbocycles. The quantitative estimate of drug-likeness (QED) is 0.892. The summed E-state index contributed by atoms with van der Waals surface area (Å²) in [5, 5.41) is 19.2. The summed E-state index contributed by atoms with van der Waals surface area (Å²) in [6.07, 6.45) is 0. The van der Waals surface area contributed by atoms with E-state index < -0.39 is 5.97 Å². The van der Waals surface area contributed by atoms with Crippen molar-refractivity contribution in [3.8, 4) is 16.3 Å². The van der Waals surface area contributed by atoms with Gasteiger partial charge >= 0.3 is 5.97 Å². The highest BCUT2D eigenvalue weighted by Crippen LogP contribution is 2.35. The molecule has 0 fully saturated rings. The van der Waals surface area contributed by atoms with Crippen LogP contribution in [0.5, 0.6) is 5.75 Å².